The van der Waals surface area contributed by atoms with Gasteiger partial charge < -0.3 is 10.6 Å². The summed E-state index contributed by atoms with van der Waals surface area (Å²) in [6, 6.07) is 10.4. The van der Waals surface area contributed by atoms with Gasteiger partial charge in [0.15, 0.2) is 0 Å². The van der Waals surface area contributed by atoms with Crippen molar-refractivity contribution >= 4 is 5.91 Å². The number of carbonyl (C=O) groups is 1. The summed E-state index contributed by atoms with van der Waals surface area (Å²) >= 11 is 0. The quantitative estimate of drug-likeness (QED) is 0.763. The van der Waals surface area contributed by atoms with Crippen LogP contribution >= 0.6 is 0 Å². The minimum absolute atomic E-state index is 0.209. The lowest BCUT2D eigenvalue weighted by atomic mass is 9.69. The molecule has 0 aromatic heterocycles. The van der Waals surface area contributed by atoms with Gasteiger partial charge in [-0.3, -0.25) is 4.79 Å². The highest BCUT2D eigenvalue weighted by atomic mass is 16.2. The van der Waals surface area contributed by atoms with E-state index in [1.54, 1.807) is 0 Å². The number of nitrogens with one attached hydrogen (secondary N) is 2. The van der Waals surface area contributed by atoms with Crippen LogP contribution in [0.15, 0.2) is 30.3 Å². The molecule has 2 saturated heterocycles. The van der Waals surface area contributed by atoms with E-state index in [9.17, 15) is 4.79 Å². The number of rotatable bonds is 1. The molecule has 0 saturated carbocycles. The largest absolute Gasteiger partial charge is 0.355 e. The zero-order valence-corrected chi connectivity index (χ0v) is 9.91. The van der Waals surface area contributed by atoms with Crippen molar-refractivity contribution in [1.82, 2.24) is 10.6 Å². The van der Waals surface area contributed by atoms with Crippen LogP contribution in [0.5, 0.6) is 0 Å². The molecular formula is C14H18N2O. The Balaban J connectivity index is 1.96. The first-order valence-electron chi connectivity index (χ1n) is 6.37. The van der Waals surface area contributed by atoms with Gasteiger partial charge in [0.2, 0.25) is 5.91 Å². The number of carbonyl (C=O) groups excluding carboxylic acids is 1. The first-order valence-corrected chi connectivity index (χ1v) is 6.37. The fourth-order valence-corrected chi connectivity index (χ4v) is 3.27. The Bertz CT molecular complexity index is 409. The number of benzene rings is 1. The standard InChI is InChI=1S/C14H18N2O/c17-13-14(7-4-8-15-10-14)12(9-16-13)11-5-2-1-3-6-11/h1-3,5-6,12,15H,4,7-10H2,(H,16,17)/t12-,14-/m0/s1. The van der Waals surface area contributed by atoms with Gasteiger partial charge in [-0.05, 0) is 24.9 Å². The minimum atomic E-state index is -0.209. The van der Waals surface area contributed by atoms with E-state index in [4.69, 9.17) is 0 Å². The van der Waals surface area contributed by atoms with Gasteiger partial charge in [-0.25, -0.2) is 0 Å². The monoisotopic (exact) mass is 230 g/mol. The van der Waals surface area contributed by atoms with E-state index in [1.807, 2.05) is 6.07 Å². The molecule has 2 heterocycles. The highest BCUT2D eigenvalue weighted by Crippen LogP contribution is 2.44. The van der Waals surface area contributed by atoms with Crippen LogP contribution in [-0.4, -0.2) is 25.5 Å². The second kappa shape index (κ2) is 4.15. The Morgan fingerprint density at radius 3 is 2.76 bits per heavy atom. The average molecular weight is 230 g/mol. The molecule has 17 heavy (non-hydrogen) atoms. The molecule has 0 radical (unpaired) electrons. The van der Waals surface area contributed by atoms with E-state index >= 15 is 0 Å². The molecule has 3 nitrogen and oxygen atoms in total. The van der Waals surface area contributed by atoms with Gasteiger partial charge in [0.1, 0.15) is 0 Å². The van der Waals surface area contributed by atoms with Crippen LogP contribution in [0, 0.1) is 5.41 Å². The second-order valence-corrected chi connectivity index (χ2v) is 5.11. The predicted molar refractivity (Wildman–Crippen MR) is 66.7 cm³/mol. The molecule has 0 unspecified atom stereocenters. The first kappa shape index (κ1) is 10.8. The molecule has 0 aliphatic carbocycles. The molecule has 1 aromatic carbocycles. The lowest BCUT2D eigenvalue weighted by Crippen LogP contribution is -2.47. The van der Waals surface area contributed by atoms with Crippen LogP contribution in [0.25, 0.3) is 0 Å². The fraction of sp³-hybridized carbons (Fsp3) is 0.500. The van der Waals surface area contributed by atoms with Crippen LogP contribution in [0.3, 0.4) is 0 Å². The molecule has 3 rings (SSSR count). The zero-order chi connectivity index (χ0) is 11.7. The lowest BCUT2D eigenvalue weighted by Gasteiger charge is -2.36. The molecule has 2 N–H and O–H groups in total. The van der Waals surface area contributed by atoms with Crippen molar-refractivity contribution < 1.29 is 4.79 Å². The normalized spacial score (nSPS) is 32.7. The summed E-state index contributed by atoms with van der Waals surface area (Å²) in [7, 11) is 0. The molecule has 1 amide bonds. The predicted octanol–water partition coefficient (Wildman–Crippen LogP) is 1.27. The van der Waals surface area contributed by atoms with Crippen molar-refractivity contribution in [2.45, 2.75) is 18.8 Å². The summed E-state index contributed by atoms with van der Waals surface area (Å²) in [6.07, 6.45) is 2.10. The molecule has 1 aromatic rings. The highest BCUT2D eigenvalue weighted by molar-refractivity contribution is 5.87. The van der Waals surface area contributed by atoms with Gasteiger partial charge in [0.05, 0.1) is 5.41 Å². The number of piperidine rings is 1. The third-order valence-corrected chi connectivity index (χ3v) is 4.20. The van der Waals surface area contributed by atoms with Crippen molar-refractivity contribution in [1.29, 1.82) is 0 Å². The maximum atomic E-state index is 12.2. The van der Waals surface area contributed by atoms with E-state index < -0.39 is 0 Å². The second-order valence-electron chi connectivity index (χ2n) is 5.11. The third kappa shape index (κ3) is 1.65. The van der Waals surface area contributed by atoms with Gasteiger partial charge in [-0.15, -0.1) is 0 Å². The molecule has 90 valence electrons. The van der Waals surface area contributed by atoms with Crippen molar-refractivity contribution in [3.8, 4) is 0 Å². The Kier molecular flexibility index (Phi) is 2.63. The number of hydrogen-bond acceptors (Lipinski definition) is 2. The number of hydrogen-bond donors (Lipinski definition) is 2. The maximum absolute atomic E-state index is 12.2. The summed E-state index contributed by atoms with van der Waals surface area (Å²) in [5.74, 6) is 0.558. The van der Waals surface area contributed by atoms with Crippen molar-refractivity contribution in [2.75, 3.05) is 19.6 Å². The summed E-state index contributed by atoms with van der Waals surface area (Å²) < 4.78 is 0. The molecule has 1 spiro atoms. The van der Waals surface area contributed by atoms with E-state index in [0.717, 1.165) is 32.5 Å². The van der Waals surface area contributed by atoms with Crippen LogP contribution in [0.1, 0.15) is 24.3 Å². The molecule has 2 aliphatic heterocycles. The van der Waals surface area contributed by atoms with Crippen LogP contribution in [0.4, 0.5) is 0 Å². The first-order chi connectivity index (χ1) is 8.33. The smallest absolute Gasteiger partial charge is 0.228 e. The zero-order valence-electron chi connectivity index (χ0n) is 9.91. The number of amides is 1. The minimum Gasteiger partial charge on any atom is -0.355 e. The molecule has 2 aliphatic rings. The third-order valence-electron chi connectivity index (χ3n) is 4.20. The molecule has 3 heteroatoms. The fourth-order valence-electron chi connectivity index (χ4n) is 3.27. The lowest BCUT2D eigenvalue weighted by molar-refractivity contribution is -0.129. The Hall–Kier alpha value is -1.35. The van der Waals surface area contributed by atoms with Crippen molar-refractivity contribution in [2.24, 2.45) is 5.41 Å². The van der Waals surface area contributed by atoms with Crippen LogP contribution in [0.2, 0.25) is 0 Å². The van der Waals surface area contributed by atoms with Crippen molar-refractivity contribution in [3.63, 3.8) is 0 Å². The van der Waals surface area contributed by atoms with Crippen LogP contribution < -0.4 is 10.6 Å². The molecular weight excluding hydrogens is 212 g/mol. The average Bonchev–Trinajstić information content (AvgIpc) is 2.69. The van der Waals surface area contributed by atoms with E-state index in [1.165, 1.54) is 5.56 Å². The van der Waals surface area contributed by atoms with Gasteiger partial charge in [-0.2, -0.15) is 0 Å². The Labute approximate surface area is 102 Å². The van der Waals surface area contributed by atoms with Gasteiger partial charge in [0, 0.05) is 19.0 Å². The molecule has 2 atom stereocenters. The molecule has 2 fully saturated rings. The topological polar surface area (TPSA) is 41.1 Å². The van der Waals surface area contributed by atoms with E-state index in [2.05, 4.69) is 34.9 Å². The summed E-state index contributed by atoms with van der Waals surface area (Å²) in [4.78, 5) is 12.2. The Morgan fingerprint density at radius 2 is 2.06 bits per heavy atom. The summed E-state index contributed by atoms with van der Waals surface area (Å²) in [6.45, 7) is 2.64. The Morgan fingerprint density at radius 1 is 1.24 bits per heavy atom. The van der Waals surface area contributed by atoms with E-state index in [-0.39, 0.29) is 11.3 Å². The maximum Gasteiger partial charge on any atom is 0.228 e. The SMILES string of the molecule is O=C1NC[C@@H](c2ccccc2)[C@@]12CCCNC2. The summed E-state index contributed by atoms with van der Waals surface area (Å²) in [5, 5.41) is 6.44. The summed E-state index contributed by atoms with van der Waals surface area (Å²) in [5.41, 5.74) is 1.08. The highest BCUT2D eigenvalue weighted by Gasteiger charge is 2.50. The van der Waals surface area contributed by atoms with Gasteiger partial charge in [-0.1, -0.05) is 30.3 Å². The molecule has 0 bridgehead atoms. The van der Waals surface area contributed by atoms with Gasteiger partial charge in [0.25, 0.3) is 0 Å². The van der Waals surface area contributed by atoms with Crippen molar-refractivity contribution in [3.05, 3.63) is 35.9 Å². The van der Waals surface area contributed by atoms with Crippen LogP contribution in [-0.2, 0) is 4.79 Å². The van der Waals surface area contributed by atoms with E-state index in [0.29, 0.717) is 5.92 Å². The van der Waals surface area contributed by atoms with Gasteiger partial charge >= 0.3 is 0 Å².